The van der Waals surface area contributed by atoms with E-state index in [-0.39, 0.29) is 5.41 Å². The van der Waals surface area contributed by atoms with Crippen LogP contribution in [0.15, 0.2) is 22.7 Å². The van der Waals surface area contributed by atoms with Crippen molar-refractivity contribution in [1.29, 1.82) is 0 Å². The van der Waals surface area contributed by atoms with Crippen molar-refractivity contribution >= 4 is 33.3 Å². The van der Waals surface area contributed by atoms with Crippen LogP contribution in [0.25, 0.3) is 0 Å². The van der Waals surface area contributed by atoms with Crippen LogP contribution in [0.3, 0.4) is 0 Å². The summed E-state index contributed by atoms with van der Waals surface area (Å²) in [4.78, 5) is 25.5. The van der Waals surface area contributed by atoms with Crippen LogP contribution in [0.1, 0.15) is 37.6 Å². The maximum Gasteiger partial charge on any atom is 0.299 e. The van der Waals surface area contributed by atoms with E-state index in [1.54, 1.807) is 11.0 Å². The van der Waals surface area contributed by atoms with Crippen LogP contribution in [-0.2, 0) is 4.79 Å². The number of amides is 1. The van der Waals surface area contributed by atoms with Gasteiger partial charge in [-0.1, -0.05) is 26.8 Å². The molecule has 0 fully saturated rings. The van der Waals surface area contributed by atoms with Gasteiger partial charge >= 0.3 is 0 Å². The van der Waals surface area contributed by atoms with E-state index in [2.05, 4.69) is 36.7 Å². The fourth-order valence-corrected chi connectivity index (χ4v) is 2.51. The normalized spacial score (nSPS) is 15.2. The second-order valence-electron chi connectivity index (χ2n) is 5.73. The Balaban J connectivity index is 2.32. The third-order valence-corrected chi connectivity index (χ3v) is 3.70. The van der Waals surface area contributed by atoms with Crippen molar-refractivity contribution in [2.24, 2.45) is 5.41 Å². The van der Waals surface area contributed by atoms with E-state index in [1.165, 1.54) is 0 Å². The number of Topliss-reactive ketones (excluding diaryl/α,β-unsaturated/α-hetero) is 1. The molecule has 0 N–H and O–H groups in total. The Bertz CT molecular complexity index is 517. The minimum atomic E-state index is -0.416. The Kier molecular flexibility index (Phi) is 3.32. The highest BCUT2D eigenvalue weighted by molar-refractivity contribution is 9.10. The molecule has 1 aliphatic heterocycles. The molecule has 0 radical (unpaired) electrons. The lowest BCUT2D eigenvalue weighted by molar-refractivity contribution is -0.114. The van der Waals surface area contributed by atoms with Crippen molar-refractivity contribution in [3.05, 3.63) is 28.2 Å². The van der Waals surface area contributed by atoms with E-state index in [4.69, 9.17) is 0 Å². The molecule has 0 spiro atoms. The number of ketones is 1. The highest BCUT2D eigenvalue weighted by Gasteiger charge is 2.37. The maximum atomic E-state index is 12.0. The number of carbonyl (C=O) groups excluding carboxylic acids is 2. The first-order chi connectivity index (χ1) is 8.31. The van der Waals surface area contributed by atoms with Crippen molar-refractivity contribution in [1.82, 2.24) is 0 Å². The number of hydrogen-bond donors (Lipinski definition) is 0. The van der Waals surface area contributed by atoms with Crippen LogP contribution in [0.5, 0.6) is 0 Å². The third-order valence-electron chi connectivity index (χ3n) is 3.03. The molecule has 1 aliphatic rings. The second kappa shape index (κ2) is 4.50. The molecule has 0 saturated carbocycles. The van der Waals surface area contributed by atoms with Gasteiger partial charge in [0.15, 0.2) is 0 Å². The monoisotopic (exact) mass is 309 g/mol. The highest BCUT2D eigenvalue weighted by Crippen LogP contribution is 2.35. The van der Waals surface area contributed by atoms with Gasteiger partial charge in [-0.15, -0.1) is 0 Å². The van der Waals surface area contributed by atoms with Gasteiger partial charge in [0.1, 0.15) is 0 Å². The summed E-state index contributed by atoms with van der Waals surface area (Å²) < 4.78 is 0.691. The van der Waals surface area contributed by atoms with Gasteiger partial charge in [0.25, 0.3) is 11.7 Å². The van der Waals surface area contributed by atoms with E-state index in [1.807, 2.05) is 12.1 Å². The standard InChI is InChI=1S/C14H16BrNO2/c1-14(2,3)7-8-16-10-6-4-5-9(15)11(10)12(17)13(16)18/h4-6H,7-8H2,1-3H3. The van der Waals surface area contributed by atoms with Crippen LogP contribution < -0.4 is 4.90 Å². The summed E-state index contributed by atoms with van der Waals surface area (Å²) in [6, 6.07) is 5.46. The number of hydrogen-bond acceptors (Lipinski definition) is 2. The first kappa shape index (κ1) is 13.3. The average molecular weight is 310 g/mol. The molecular formula is C14H16BrNO2. The lowest BCUT2D eigenvalue weighted by Gasteiger charge is -2.23. The topological polar surface area (TPSA) is 37.4 Å². The first-order valence-corrected chi connectivity index (χ1v) is 6.75. The van der Waals surface area contributed by atoms with Crippen molar-refractivity contribution < 1.29 is 9.59 Å². The lowest BCUT2D eigenvalue weighted by atomic mass is 9.92. The van der Waals surface area contributed by atoms with E-state index < -0.39 is 11.7 Å². The summed E-state index contributed by atoms with van der Waals surface area (Å²) in [5.74, 6) is -0.826. The minimum absolute atomic E-state index is 0.137. The number of halogens is 1. The third kappa shape index (κ3) is 2.34. The molecule has 2 rings (SSSR count). The van der Waals surface area contributed by atoms with Gasteiger partial charge < -0.3 is 4.90 Å². The van der Waals surface area contributed by atoms with Crippen molar-refractivity contribution in [2.75, 3.05) is 11.4 Å². The van der Waals surface area contributed by atoms with Gasteiger partial charge in [-0.2, -0.15) is 0 Å². The molecule has 0 bridgehead atoms. The molecule has 3 nitrogen and oxygen atoms in total. The Morgan fingerprint density at radius 2 is 1.89 bits per heavy atom. The van der Waals surface area contributed by atoms with Gasteiger partial charge in [-0.3, -0.25) is 9.59 Å². The summed E-state index contributed by atoms with van der Waals surface area (Å²) in [5.41, 5.74) is 1.36. The molecule has 1 amide bonds. The molecule has 1 aromatic rings. The summed E-state index contributed by atoms with van der Waals surface area (Å²) in [6.07, 6.45) is 0.859. The minimum Gasteiger partial charge on any atom is -0.305 e. The quantitative estimate of drug-likeness (QED) is 0.785. The Morgan fingerprint density at radius 1 is 1.22 bits per heavy atom. The molecule has 1 heterocycles. The molecule has 0 aliphatic carbocycles. The Morgan fingerprint density at radius 3 is 2.50 bits per heavy atom. The summed E-state index contributed by atoms with van der Waals surface area (Å²) in [7, 11) is 0. The average Bonchev–Trinajstić information content (AvgIpc) is 2.50. The number of benzene rings is 1. The SMILES string of the molecule is CC(C)(C)CCN1C(=O)C(=O)c2c(Br)cccc21. The van der Waals surface area contributed by atoms with Crippen LogP contribution in [0, 0.1) is 5.41 Å². The highest BCUT2D eigenvalue weighted by atomic mass is 79.9. The molecule has 0 saturated heterocycles. The molecule has 0 unspecified atom stereocenters. The smallest absolute Gasteiger partial charge is 0.299 e. The van der Waals surface area contributed by atoms with E-state index in [0.717, 1.165) is 12.1 Å². The molecule has 0 atom stereocenters. The summed E-state index contributed by atoms with van der Waals surface area (Å²) >= 11 is 3.33. The largest absolute Gasteiger partial charge is 0.305 e. The van der Waals surface area contributed by atoms with E-state index in [9.17, 15) is 9.59 Å². The Hall–Kier alpha value is -1.16. The number of nitrogens with zero attached hydrogens (tertiary/aromatic N) is 1. The zero-order chi connectivity index (χ0) is 13.5. The number of anilines is 1. The van der Waals surface area contributed by atoms with Gasteiger partial charge in [0.2, 0.25) is 0 Å². The van der Waals surface area contributed by atoms with Gasteiger partial charge in [-0.05, 0) is 39.9 Å². The predicted molar refractivity (Wildman–Crippen MR) is 74.9 cm³/mol. The van der Waals surface area contributed by atoms with Crippen LogP contribution in [0.4, 0.5) is 5.69 Å². The zero-order valence-electron chi connectivity index (χ0n) is 10.8. The fraction of sp³-hybridized carbons (Fsp3) is 0.429. The van der Waals surface area contributed by atoms with E-state index in [0.29, 0.717) is 16.6 Å². The van der Waals surface area contributed by atoms with E-state index >= 15 is 0 Å². The van der Waals surface area contributed by atoms with Gasteiger partial charge in [0, 0.05) is 11.0 Å². The van der Waals surface area contributed by atoms with Crippen molar-refractivity contribution in [2.45, 2.75) is 27.2 Å². The molecule has 18 heavy (non-hydrogen) atoms. The number of rotatable bonds is 2. The second-order valence-corrected chi connectivity index (χ2v) is 6.58. The maximum absolute atomic E-state index is 12.0. The van der Waals surface area contributed by atoms with Gasteiger partial charge in [0.05, 0.1) is 11.3 Å². The Labute approximate surface area is 115 Å². The fourth-order valence-electron chi connectivity index (χ4n) is 1.97. The molecule has 1 aromatic carbocycles. The lowest BCUT2D eigenvalue weighted by Crippen LogP contribution is -2.32. The predicted octanol–water partition coefficient (Wildman–Crippen LogP) is 3.41. The summed E-state index contributed by atoms with van der Waals surface area (Å²) in [6.45, 7) is 6.95. The number of fused-ring (bicyclic) bond motifs is 1. The van der Waals surface area contributed by atoms with Crippen LogP contribution in [-0.4, -0.2) is 18.2 Å². The molecule has 0 aromatic heterocycles. The van der Waals surface area contributed by atoms with Crippen molar-refractivity contribution in [3.63, 3.8) is 0 Å². The molecule has 96 valence electrons. The first-order valence-electron chi connectivity index (χ1n) is 5.96. The van der Waals surface area contributed by atoms with Crippen molar-refractivity contribution in [3.8, 4) is 0 Å². The van der Waals surface area contributed by atoms with Gasteiger partial charge in [-0.25, -0.2) is 0 Å². The molecule has 4 heteroatoms. The van der Waals surface area contributed by atoms with Crippen LogP contribution >= 0.6 is 15.9 Å². The molecular weight excluding hydrogens is 294 g/mol. The van der Waals surface area contributed by atoms with Crippen LogP contribution in [0.2, 0.25) is 0 Å². The summed E-state index contributed by atoms with van der Waals surface area (Å²) in [5, 5.41) is 0. The zero-order valence-corrected chi connectivity index (χ0v) is 12.4. The number of carbonyl (C=O) groups is 2.